The summed E-state index contributed by atoms with van der Waals surface area (Å²) < 4.78 is 12.0. The number of halogens is 1. The summed E-state index contributed by atoms with van der Waals surface area (Å²) in [7, 11) is 0. The maximum Gasteiger partial charge on any atom is 0.312 e. The van der Waals surface area contributed by atoms with Crippen molar-refractivity contribution in [1.82, 2.24) is 4.90 Å². The lowest BCUT2D eigenvalue weighted by Gasteiger charge is -2.39. The molecule has 3 aliphatic heterocycles. The van der Waals surface area contributed by atoms with Crippen LogP contribution in [0.1, 0.15) is 44.6 Å². The Morgan fingerprint density at radius 3 is 2.76 bits per heavy atom. The van der Waals surface area contributed by atoms with E-state index in [1.54, 1.807) is 18.2 Å². The first-order valence-electron chi connectivity index (χ1n) is 13.3. The SMILES string of the molecule is C=CCCCOC(=O)[C@@H]1[C@H]2C(=O)N([C@@H](CC)CO)C(C(=O)N(CC=C)c3c(C)cccc3Cl)C23CC[C@H]1O3. The van der Waals surface area contributed by atoms with Gasteiger partial charge >= 0.3 is 5.97 Å². The van der Waals surface area contributed by atoms with Gasteiger partial charge in [0.2, 0.25) is 5.91 Å². The molecule has 0 radical (unpaired) electrons. The van der Waals surface area contributed by atoms with Crippen LogP contribution in [0.4, 0.5) is 5.69 Å². The van der Waals surface area contributed by atoms with Gasteiger partial charge in [0.05, 0.1) is 47.9 Å². The third-order valence-electron chi connectivity index (χ3n) is 8.15. The number of hydrogen-bond donors (Lipinski definition) is 1. The number of ether oxygens (including phenoxy) is 2. The summed E-state index contributed by atoms with van der Waals surface area (Å²) >= 11 is 6.57. The first-order valence-corrected chi connectivity index (χ1v) is 13.7. The van der Waals surface area contributed by atoms with Crippen molar-refractivity contribution < 1.29 is 29.0 Å². The second-order valence-electron chi connectivity index (χ2n) is 10.3. The van der Waals surface area contributed by atoms with Crippen LogP contribution in [0.3, 0.4) is 0 Å². The number of aliphatic hydroxyl groups is 1. The minimum Gasteiger partial charge on any atom is -0.465 e. The molecule has 206 valence electrons. The largest absolute Gasteiger partial charge is 0.465 e. The van der Waals surface area contributed by atoms with Crippen LogP contribution >= 0.6 is 11.6 Å². The van der Waals surface area contributed by atoms with E-state index < -0.39 is 41.6 Å². The van der Waals surface area contributed by atoms with Crippen molar-refractivity contribution in [2.24, 2.45) is 11.8 Å². The summed E-state index contributed by atoms with van der Waals surface area (Å²) in [5.74, 6) is -2.86. The van der Waals surface area contributed by atoms with E-state index >= 15 is 0 Å². The molecule has 6 atom stereocenters. The number of carbonyl (C=O) groups excluding carboxylic acids is 3. The lowest BCUT2D eigenvalue weighted by atomic mass is 9.70. The van der Waals surface area contributed by atoms with Gasteiger partial charge in [-0.05, 0) is 50.7 Å². The van der Waals surface area contributed by atoms with E-state index in [4.69, 9.17) is 21.1 Å². The molecule has 3 heterocycles. The number of likely N-dealkylation sites (tertiary alicyclic amines) is 1. The van der Waals surface area contributed by atoms with Gasteiger partial charge in [0.1, 0.15) is 11.6 Å². The number of para-hydroxylation sites is 1. The summed E-state index contributed by atoms with van der Waals surface area (Å²) in [6.45, 7) is 11.3. The molecule has 1 N–H and O–H groups in total. The second kappa shape index (κ2) is 11.6. The number of unbranched alkanes of at least 4 members (excludes halogenated alkanes) is 1. The molecule has 0 aliphatic carbocycles. The van der Waals surface area contributed by atoms with E-state index in [0.717, 1.165) is 5.56 Å². The molecule has 1 spiro atoms. The molecule has 1 aromatic carbocycles. The monoisotopic (exact) mass is 544 g/mol. The third-order valence-corrected chi connectivity index (χ3v) is 8.46. The lowest BCUT2D eigenvalue weighted by Crippen LogP contribution is -2.59. The fourth-order valence-corrected chi connectivity index (χ4v) is 6.80. The number of benzene rings is 1. The molecular formula is C29H37ClN2O6. The van der Waals surface area contributed by atoms with Crippen molar-refractivity contribution in [2.75, 3.05) is 24.7 Å². The number of aryl methyl sites for hydroxylation is 1. The summed E-state index contributed by atoms with van der Waals surface area (Å²) in [6.07, 6.45) is 5.64. The number of esters is 1. The van der Waals surface area contributed by atoms with Gasteiger partial charge in [-0.1, -0.05) is 42.8 Å². The van der Waals surface area contributed by atoms with E-state index in [9.17, 15) is 19.5 Å². The Labute approximate surface area is 229 Å². The van der Waals surface area contributed by atoms with Gasteiger partial charge in [0.25, 0.3) is 5.91 Å². The first kappa shape index (κ1) is 28.3. The molecule has 0 aromatic heterocycles. The third kappa shape index (κ3) is 4.56. The number of amides is 2. The van der Waals surface area contributed by atoms with Crippen LogP contribution in [-0.4, -0.2) is 71.3 Å². The van der Waals surface area contributed by atoms with Crippen LogP contribution in [0, 0.1) is 18.8 Å². The topological polar surface area (TPSA) is 96.4 Å². The molecule has 9 heteroatoms. The Kier molecular flexibility index (Phi) is 8.65. The number of aliphatic hydroxyl groups excluding tert-OH is 1. The van der Waals surface area contributed by atoms with Crippen molar-refractivity contribution in [3.63, 3.8) is 0 Å². The summed E-state index contributed by atoms with van der Waals surface area (Å²) in [4.78, 5) is 44.9. The van der Waals surface area contributed by atoms with Crippen LogP contribution < -0.4 is 4.90 Å². The van der Waals surface area contributed by atoms with E-state index in [1.807, 2.05) is 26.0 Å². The summed E-state index contributed by atoms with van der Waals surface area (Å²) in [6, 6.07) is 3.74. The second-order valence-corrected chi connectivity index (χ2v) is 10.7. The van der Waals surface area contributed by atoms with Crippen LogP contribution in [0.15, 0.2) is 43.5 Å². The van der Waals surface area contributed by atoms with Gasteiger partial charge in [-0.3, -0.25) is 14.4 Å². The van der Waals surface area contributed by atoms with Crippen molar-refractivity contribution >= 4 is 35.1 Å². The zero-order chi connectivity index (χ0) is 27.6. The van der Waals surface area contributed by atoms with E-state index in [1.165, 1.54) is 9.80 Å². The van der Waals surface area contributed by atoms with Gasteiger partial charge in [0, 0.05) is 6.54 Å². The number of nitrogens with zero attached hydrogens (tertiary/aromatic N) is 2. The predicted molar refractivity (Wildman–Crippen MR) is 145 cm³/mol. The average molecular weight is 545 g/mol. The fraction of sp³-hybridized carbons (Fsp3) is 0.552. The number of hydrogen-bond acceptors (Lipinski definition) is 6. The van der Waals surface area contributed by atoms with E-state index in [0.29, 0.717) is 42.8 Å². The Morgan fingerprint density at radius 1 is 1.37 bits per heavy atom. The smallest absolute Gasteiger partial charge is 0.312 e. The average Bonchev–Trinajstić information content (AvgIpc) is 3.54. The highest BCUT2D eigenvalue weighted by atomic mass is 35.5. The maximum atomic E-state index is 14.5. The minimum absolute atomic E-state index is 0.163. The predicted octanol–water partition coefficient (Wildman–Crippen LogP) is 3.82. The van der Waals surface area contributed by atoms with Crippen molar-refractivity contribution in [2.45, 2.75) is 69.7 Å². The van der Waals surface area contributed by atoms with Crippen LogP contribution in [0.2, 0.25) is 5.02 Å². The quantitative estimate of drug-likeness (QED) is 0.244. The van der Waals surface area contributed by atoms with Gasteiger partial charge in [-0.15, -0.1) is 13.2 Å². The molecule has 3 aliphatic rings. The molecule has 2 unspecified atom stereocenters. The number of carbonyl (C=O) groups is 3. The van der Waals surface area contributed by atoms with Gasteiger partial charge in [-0.25, -0.2) is 0 Å². The van der Waals surface area contributed by atoms with Crippen molar-refractivity contribution in [3.05, 3.63) is 54.1 Å². The molecular weight excluding hydrogens is 508 g/mol. The highest BCUT2D eigenvalue weighted by Gasteiger charge is 2.75. The van der Waals surface area contributed by atoms with Crippen LogP contribution in [-0.2, 0) is 23.9 Å². The minimum atomic E-state index is -1.19. The van der Waals surface area contributed by atoms with Crippen molar-refractivity contribution in [3.8, 4) is 0 Å². The number of allylic oxidation sites excluding steroid dienone is 1. The Morgan fingerprint density at radius 2 is 2.13 bits per heavy atom. The molecule has 3 fully saturated rings. The number of anilines is 1. The highest BCUT2D eigenvalue weighted by molar-refractivity contribution is 6.34. The van der Waals surface area contributed by atoms with Crippen molar-refractivity contribution in [1.29, 1.82) is 0 Å². The zero-order valence-corrected chi connectivity index (χ0v) is 22.9. The van der Waals surface area contributed by atoms with E-state index in [2.05, 4.69) is 13.2 Å². The Hall–Kier alpha value is -2.68. The molecule has 2 bridgehead atoms. The fourth-order valence-electron chi connectivity index (χ4n) is 6.48. The molecule has 8 nitrogen and oxygen atoms in total. The molecule has 38 heavy (non-hydrogen) atoms. The van der Waals surface area contributed by atoms with Crippen LogP contribution in [0.5, 0.6) is 0 Å². The molecule has 3 saturated heterocycles. The zero-order valence-electron chi connectivity index (χ0n) is 22.1. The standard InChI is InChI=1S/C29H37ClN2O6/c1-5-8-9-16-37-28(36)22-21-13-14-29(38-21)23(22)26(34)32(19(7-3)17-33)25(29)27(35)31(15-6-2)24-18(4)11-10-12-20(24)30/h5-6,10-12,19,21-23,25,33H,1-2,7-9,13-17H2,3-4H3/t19-,21+,22-,23-,25?,29?/m0/s1. The van der Waals surface area contributed by atoms with Crippen LogP contribution in [0.25, 0.3) is 0 Å². The highest BCUT2D eigenvalue weighted by Crippen LogP contribution is 2.59. The molecule has 1 aromatic rings. The summed E-state index contributed by atoms with van der Waals surface area (Å²) in [5.41, 5.74) is 0.138. The number of rotatable bonds is 12. The lowest BCUT2D eigenvalue weighted by molar-refractivity contribution is -0.155. The molecule has 4 rings (SSSR count). The normalized spacial score (nSPS) is 28.2. The molecule has 2 amide bonds. The summed E-state index contributed by atoms with van der Waals surface area (Å²) in [5, 5.41) is 10.6. The van der Waals surface area contributed by atoms with Gasteiger partial charge in [0.15, 0.2) is 0 Å². The number of fused-ring (bicyclic) bond motifs is 1. The van der Waals surface area contributed by atoms with E-state index in [-0.39, 0.29) is 31.6 Å². The Balaban J connectivity index is 1.76. The Bertz CT molecular complexity index is 1080. The molecule has 0 saturated carbocycles. The maximum absolute atomic E-state index is 14.5. The van der Waals surface area contributed by atoms with Gasteiger partial charge < -0.3 is 24.4 Å². The first-order chi connectivity index (χ1) is 18.3. The van der Waals surface area contributed by atoms with Gasteiger partial charge in [-0.2, -0.15) is 0 Å².